The summed E-state index contributed by atoms with van der Waals surface area (Å²) in [6, 6.07) is 3.98. The number of nitrogens with zero attached hydrogens (tertiary/aromatic N) is 3. The lowest BCUT2D eigenvalue weighted by Crippen LogP contribution is -2.16. The first-order valence-electron chi connectivity index (χ1n) is 6.07. The lowest BCUT2D eigenvalue weighted by molar-refractivity contribution is -0.422. The molecular weight excluding hydrogens is 274 g/mol. The molecule has 0 amide bonds. The molecule has 0 unspecified atom stereocenters. The minimum absolute atomic E-state index is 0.173. The van der Waals surface area contributed by atoms with Gasteiger partial charge in [-0.05, 0) is 12.1 Å². The maximum atomic E-state index is 11.1. The second-order valence-electron chi connectivity index (χ2n) is 4.08. The summed E-state index contributed by atoms with van der Waals surface area (Å²) in [6.07, 6.45) is 6.44. The molecule has 1 aromatic carbocycles. The van der Waals surface area contributed by atoms with E-state index in [2.05, 4.69) is 13.2 Å². The number of nitro benzene ring substituents is 2. The second-order valence-corrected chi connectivity index (χ2v) is 4.08. The Balaban J connectivity index is 3.20. The van der Waals surface area contributed by atoms with Crippen LogP contribution in [-0.2, 0) is 0 Å². The zero-order valence-electron chi connectivity index (χ0n) is 11.3. The van der Waals surface area contributed by atoms with Crippen LogP contribution in [0.25, 0.3) is 6.08 Å². The van der Waals surface area contributed by atoms with Gasteiger partial charge in [-0.2, -0.15) is 0 Å². The first kappa shape index (κ1) is 16.1. The number of benzene rings is 1. The quantitative estimate of drug-likeness (QED) is 0.416. The summed E-state index contributed by atoms with van der Waals surface area (Å²) in [7, 11) is 0. The van der Waals surface area contributed by atoms with Gasteiger partial charge in [-0.15, -0.1) is 13.2 Å². The number of hydrogen-bond donors (Lipinski definition) is 0. The molecule has 0 fully saturated rings. The predicted octanol–water partition coefficient (Wildman–Crippen LogP) is 3.15. The van der Waals surface area contributed by atoms with Gasteiger partial charge in [0.2, 0.25) is 0 Å². The summed E-state index contributed by atoms with van der Waals surface area (Å²) in [5.41, 5.74) is -0.871. The van der Waals surface area contributed by atoms with Crippen LogP contribution in [0.15, 0.2) is 49.7 Å². The lowest BCUT2D eigenvalue weighted by atomic mass is 10.1. The fourth-order valence-corrected chi connectivity index (χ4v) is 1.74. The fourth-order valence-electron chi connectivity index (χ4n) is 1.74. The van der Waals surface area contributed by atoms with Crippen molar-refractivity contribution in [2.75, 3.05) is 13.1 Å². The molecule has 110 valence electrons. The van der Waals surface area contributed by atoms with Crippen molar-refractivity contribution in [2.24, 2.45) is 0 Å². The number of para-hydroxylation sites is 1. The van der Waals surface area contributed by atoms with Crippen molar-refractivity contribution in [3.05, 3.63) is 75.5 Å². The van der Waals surface area contributed by atoms with Crippen molar-refractivity contribution in [1.82, 2.24) is 4.90 Å². The molecule has 21 heavy (non-hydrogen) atoms. The molecule has 0 aliphatic rings. The topological polar surface area (TPSA) is 89.5 Å². The molecule has 0 saturated heterocycles. The first-order chi connectivity index (χ1) is 10.0. The van der Waals surface area contributed by atoms with Gasteiger partial charge in [-0.3, -0.25) is 20.2 Å². The van der Waals surface area contributed by atoms with E-state index < -0.39 is 21.2 Å². The Labute approximate surface area is 121 Å². The van der Waals surface area contributed by atoms with E-state index in [1.165, 1.54) is 18.2 Å². The number of nitro groups is 2. The van der Waals surface area contributed by atoms with Crippen molar-refractivity contribution in [3.8, 4) is 0 Å². The highest BCUT2D eigenvalue weighted by atomic mass is 16.6. The van der Waals surface area contributed by atoms with Gasteiger partial charge in [-0.25, -0.2) is 0 Å². The van der Waals surface area contributed by atoms with Crippen LogP contribution < -0.4 is 0 Å². The Morgan fingerprint density at radius 1 is 1.10 bits per heavy atom. The Morgan fingerprint density at radius 3 is 2.19 bits per heavy atom. The van der Waals surface area contributed by atoms with Gasteiger partial charge in [-0.1, -0.05) is 18.2 Å². The molecule has 0 heterocycles. The van der Waals surface area contributed by atoms with Crippen LogP contribution in [0, 0.1) is 20.2 Å². The van der Waals surface area contributed by atoms with E-state index in [4.69, 9.17) is 0 Å². The Kier molecular flexibility index (Phi) is 5.81. The molecule has 0 aliphatic carbocycles. The van der Waals surface area contributed by atoms with Crippen LogP contribution in [0.3, 0.4) is 0 Å². The highest BCUT2D eigenvalue weighted by Crippen LogP contribution is 2.31. The molecule has 0 saturated carbocycles. The molecule has 0 N–H and O–H groups in total. The molecule has 0 aromatic heterocycles. The highest BCUT2D eigenvalue weighted by Gasteiger charge is 2.26. The summed E-state index contributed by atoms with van der Waals surface area (Å²) in [6.45, 7) is 8.29. The average molecular weight is 289 g/mol. The van der Waals surface area contributed by atoms with Crippen LogP contribution in [0.4, 0.5) is 11.4 Å². The van der Waals surface area contributed by atoms with E-state index in [9.17, 15) is 20.2 Å². The van der Waals surface area contributed by atoms with E-state index in [0.717, 1.165) is 6.07 Å². The van der Waals surface area contributed by atoms with Crippen LogP contribution in [-0.4, -0.2) is 27.8 Å². The number of rotatable bonds is 8. The largest absolute Gasteiger partial charge is 0.370 e. The van der Waals surface area contributed by atoms with E-state index in [1.54, 1.807) is 18.4 Å². The minimum Gasteiger partial charge on any atom is -0.370 e. The summed E-state index contributed by atoms with van der Waals surface area (Å²) >= 11 is 0. The maximum absolute atomic E-state index is 11.1. The summed E-state index contributed by atoms with van der Waals surface area (Å²) in [5.74, 6) is 0. The van der Waals surface area contributed by atoms with Gasteiger partial charge in [0.25, 0.3) is 0 Å². The Morgan fingerprint density at radius 2 is 1.71 bits per heavy atom. The fraction of sp³-hybridized carbons (Fsp3) is 0.143. The van der Waals surface area contributed by atoms with Gasteiger partial charge in [0.1, 0.15) is 0 Å². The molecule has 0 aliphatic heterocycles. The molecular formula is C14H15N3O4. The van der Waals surface area contributed by atoms with Crippen LogP contribution in [0.1, 0.15) is 5.56 Å². The van der Waals surface area contributed by atoms with Crippen LogP contribution >= 0.6 is 0 Å². The van der Waals surface area contributed by atoms with E-state index in [-0.39, 0.29) is 5.56 Å². The average Bonchev–Trinajstić information content (AvgIpc) is 2.44. The van der Waals surface area contributed by atoms with Gasteiger partial charge in [0, 0.05) is 25.4 Å². The maximum Gasteiger partial charge on any atom is 0.353 e. The molecule has 1 rings (SSSR count). The Bertz CT molecular complexity index is 586. The SMILES string of the molecule is C=CCN(C=Cc1cccc([N+](=O)[O-])c1[N+](=O)[O-])CC=C. The van der Waals surface area contributed by atoms with Crippen molar-refractivity contribution in [1.29, 1.82) is 0 Å². The molecule has 1 aromatic rings. The number of hydrogen-bond acceptors (Lipinski definition) is 5. The zero-order valence-corrected chi connectivity index (χ0v) is 11.3. The van der Waals surface area contributed by atoms with E-state index in [1.807, 2.05) is 4.90 Å². The Hall–Kier alpha value is -2.96. The van der Waals surface area contributed by atoms with Crippen LogP contribution in [0.2, 0.25) is 0 Å². The third-order valence-corrected chi connectivity index (χ3v) is 2.62. The normalized spacial score (nSPS) is 10.3. The highest BCUT2D eigenvalue weighted by molar-refractivity contribution is 5.69. The van der Waals surface area contributed by atoms with Gasteiger partial charge in [0.05, 0.1) is 15.4 Å². The van der Waals surface area contributed by atoms with Crippen molar-refractivity contribution in [2.45, 2.75) is 0 Å². The van der Waals surface area contributed by atoms with Gasteiger partial charge < -0.3 is 4.90 Å². The molecule has 0 bridgehead atoms. The molecule has 7 heteroatoms. The first-order valence-corrected chi connectivity index (χ1v) is 6.07. The molecule has 0 atom stereocenters. The standard InChI is InChI=1S/C14H15N3O4/c1-3-9-15(10-4-2)11-8-12-6-5-7-13(16(18)19)14(12)17(20)21/h3-8,11H,1-2,9-10H2. The summed E-state index contributed by atoms with van der Waals surface area (Å²) in [5, 5.41) is 21.9. The van der Waals surface area contributed by atoms with E-state index >= 15 is 0 Å². The zero-order chi connectivity index (χ0) is 15.8. The third kappa shape index (κ3) is 4.27. The summed E-state index contributed by atoms with van der Waals surface area (Å²) in [4.78, 5) is 22.2. The second kappa shape index (κ2) is 7.59. The van der Waals surface area contributed by atoms with Crippen molar-refractivity contribution >= 4 is 17.5 Å². The smallest absolute Gasteiger partial charge is 0.353 e. The molecule has 0 radical (unpaired) electrons. The van der Waals surface area contributed by atoms with Crippen LogP contribution in [0.5, 0.6) is 0 Å². The monoisotopic (exact) mass is 289 g/mol. The van der Waals surface area contributed by atoms with Crippen molar-refractivity contribution < 1.29 is 9.85 Å². The van der Waals surface area contributed by atoms with Crippen molar-refractivity contribution in [3.63, 3.8) is 0 Å². The molecule has 7 nitrogen and oxygen atoms in total. The van der Waals surface area contributed by atoms with Gasteiger partial charge in [0.15, 0.2) is 0 Å². The third-order valence-electron chi connectivity index (χ3n) is 2.62. The molecule has 0 spiro atoms. The van der Waals surface area contributed by atoms with E-state index in [0.29, 0.717) is 13.1 Å². The van der Waals surface area contributed by atoms with Gasteiger partial charge >= 0.3 is 11.4 Å². The summed E-state index contributed by atoms with van der Waals surface area (Å²) < 4.78 is 0. The lowest BCUT2D eigenvalue weighted by Gasteiger charge is -2.15. The minimum atomic E-state index is -0.763. The predicted molar refractivity (Wildman–Crippen MR) is 80.8 cm³/mol.